The predicted molar refractivity (Wildman–Crippen MR) is 370 cm³/mol. The van der Waals surface area contributed by atoms with Gasteiger partial charge in [0.1, 0.15) is 46.0 Å². The van der Waals surface area contributed by atoms with E-state index in [1.165, 1.54) is 88.0 Å². The maximum Gasteiger partial charge on any atom is 0.250 e. The monoisotopic (exact) mass is 1350 g/mol. The second-order valence-electron chi connectivity index (χ2n) is 22.3. The summed E-state index contributed by atoms with van der Waals surface area (Å²) in [5, 5.41) is 53.5. The van der Waals surface area contributed by atoms with Crippen molar-refractivity contribution in [1.82, 2.24) is 15.0 Å². The molecule has 0 saturated heterocycles. The molecule has 21 heteroatoms. The van der Waals surface area contributed by atoms with Crippen LogP contribution in [0.3, 0.4) is 0 Å². The minimum Gasteiger partial charge on any atom is -0.508 e. The fourth-order valence-electron chi connectivity index (χ4n) is 11.1. The van der Waals surface area contributed by atoms with E-state index in [9.17, 15) is 53.1 Å². The summed E-state index contributed by atoms with van der Waals surface area (Å²) < 4.78 is 54.8. The lowest BCUT2D eigenvalue weighted by molar-refractivity contribution is 0.103. The summed E-state index contributed by atoms with van der Waals surface area (Å²) in [4.78, 5) is 53.8. The van der Waals surface area contributed by atoms with Crippen LogP contribution >= 0.6 is 45.3 Å². The van der Waals surface area contributed by atoms with Crippen LogP contribution in [0.1, 0.15) is 62.4 Å². The highest BCUT2D eigenvalue weighted by atomic mass is 32.1. The summed E-state index contributed by atoms with van der Waals surface area (Å²) in [6, 6.07) is 50.1. The number of hydrogen-bond donors (Lipinski definition) is 6. The topological polar surface area (TPSA) is 243 Å². The number of oxazole rings is 2. The molecule has 15 rings (SSSR count). The molecule has 9 aromatic carbocycles. The van der Waals surface area contributed by atoms with Crippen molar-refractivity contribution in [2.75, 3.05) is 5.73 Å². The van der Waals surface area contributed by atoms with E-state index in [-0.39, 0.29) is 68.9 Å². The van der Waals surface area contributed by atoms with Gasteiger partial charge in [0.15, 0.2) is 12.1 Å². The van der Waals surface area contributed by atoms with Crippen LogP contribution in [0.5, 0.6) is 29.0 Å². The molecule has 0 spiro atoms. The van der Waals surface area contributed by atoms with Crippen LogP contribution in [-0.2, 0) is 0 Å². The van der Waals surface area contributed by atoms with Crippen molar-refractivity contribution in [2.24, 2.45) is 0 Å². The first-order valence-corrected chi connectivity index (χ1v) is 32.5. The number of carbonyl (C=O) groups is 3. The molecule has 0 fully saturated rings. The number of halogens is 3. The van der Waals surface area contributed by atoms with E-state index < -0.39 is 17.5 Å². The van der Waals surface area contributed by atoms with Gasteiger partial charge in [-0.15, -0.1) is 45.3 Å². The third kappa shape index (κ3) is 13.1. The number of rotatable bonds is 12. The number of phenols is 3. The maximum atomic E-state index is 14.0. The van der Waals surface area contributed by atoms with Gasteiger partial charge in [-0.25, -0.2) is 18.2 Å². The van der Waals surface area contributed by atoms with Gasteiger partial charge in [-0.3, -0.25) is 14.4 Å². The number of thiazole rings is 1. The SMILES string of the molecule is Cc1cc(F)cc(C(=O)c2sc3cc(O)ccc3c2-c2ccc(-c3nc(N)co3)cc2)c1.Cc1cc(F)cc(C(=O)c2sc3cc(O)ccc3c2-c2ccc(-c3nc(O)co3)cc2)c1.Cc1cc(F)cc(C(=O)c2sc3cc(O)ccc3c2-c2ccc(-c3nc(O)cs3)cc2)c1. The van der Waals surface area contributed by atoms with Crippen molar-refractivity contribution in [3.8, 4) is 95.9 Å². The Morgan fingerprint density at radius 1 is 0.396 bits per heavy atom. The Labute approximate surface area is 559 Å². The lowest BCUT2D eigenvalue weighted by Gasteiger charge is -2.07. The fourth-order valence-corrected chi connectivity index (χ4v) is 15.5. The van der Waals surface area contributed by atoms with Crippen molar-refractivity contribution in [1.29, 1.82) is 0 Å². The molecule has 7 N–H and O–H groups in total. The van der Waals surface area contributed by atoms with Crippen LogP contribution in [0.25, 0.3) is 97.1 Å². The van der Waals surface area contributed by atoms with Crippen LogP contribution in [-0.4, -0.2) is 57.8 Å². The molecule has 14 nitrogen and oxygen atoms in total. The molecule has 0 unspecified atom stereocenters. The van der Waals surface area contributed by atoms with E-state index >= 15 is 0 Å². The fraction of sp³-hybridized carbons (Fsp3) is 0.0400. The zero-order valence-electron chi connectivity index (χ0n) is 50.5. The lowest BCUT2D eigenvalue weighted by Crippen LogP contribution is -2.02. The zero-order valence-corrected chi connectivity index (χ0v) is 53.8. The lowest BCUT2D eigenvalue weighted by atomic mass is 9.97. The second kappa shape index (κ2) is 26.1. The molecule has 474 valence electrons. The van der Waals surface area contributed by atoms with Gasteiger partial charge < -0.3 is 40.1 Å². The normalized spacial score (nSPS) is 11.2. The number of aryl methyl sites for hydroxylation is 3. The quantitative estimate of drug-likeness (QED) is 0.0624. The summed E-state index contributed by atoms with van der Waals surface area (Å²) >= 11 is 5.15. The molecule has 15 aromatic rings. The van der Waals surface area contributed by atoms with Gasteiger partial charge in [0.2, 0.25) is 35.0 Å². The number of fused-ring (bicyclic) bond motifs is 3. The van der Waals surface area contributed by atoms with E-state index in [0.29, 0.717) is 59.2 Å². The van der Waals surface area contributed by atoms with Gasteiger partial charge in [-0.05, 0) is 188 Å². The van der Waals surface area contributed by atoms with E-state index in [0.717, 1.165) is 75.5 Å². The summed E-state index contributed by atoms with van der Waals surface area (Å²) in [7, 11) is 0. The largest absolute Gasteiger partial charge is 0.508 e. The summed E-state index contributed by atoms with van der Waals surface area (Å²) in [6.07, 6.45) is 2.53. The van der Waals surface area contributed by atoms with E-state index in [4.69, 9.17) is 14.6 Å². The number of nitrogen functional groups attached to an aromatic ring is 1. The van der Waals surface area contributed by atoms with Crippen LogP contribution in [0, 0.1) is 38.2 Å². The van der Waals surface area contributed by atoms with E-state index in [1.54, 1.807) is 111 Å². The first kappa shape index (κ1) is 63.3. The third-order valence-corrected chi connectivity index (χ3v) is 19.7. The number of phenolic OH excluding ortho intramolecular Hbond substituents is 3. The van der Waals surface area contributed by atoms with Crippen LogP contribution < -0.4 is 5.73 Å². The Balaban J connectivity index is 0.000000130. The Morgan fingerprint density at radius 3 is 1.05 bits per heavy atom. The minimum absolute atomic E-state index is 0.0176. The van der Waals surface area contributed by atoms with Crippen LogP contribution in [0.2, 0.25) is 0 Å². The number of hydrogen-bond acceptors (Lipinski definition) is 18. The molecule has 0 aliphatic carbocycles. The van der Waals surface area contributed by atoms with E-state index in [1.807, 2.05) is 60.7 Å². The molecule has 0 radical (unpaired) electrons. The summed E-state index contributed by atoms with van der Waals surface area (Å²) in [5.41, 5.74) is 15.3. The highest BCUT2D eigenvalue weighted by Crippen LogP contribution is 2.46. The molecule has 0 bridgehead atoms. The van der Waals surface area contributed by atoms with Gasteiger partial charge in [-0.2, -0.15) is 9.97 Å². The Hall–Kier alpha value is -11.5. The van der Waals surface area contributed by atoms with Gasteiger partial charge in [0.05, 0.1) is 20.0 Å². The second-order valence-corrected chi connectivity index (χ2v) is 26.3. The number of carbonyl (C=O) groups excluding carboxylic acids is 3. The van der Waals surface area contributed by atoms with Crippen molar-refractivity contribution in [2.45, 2.75) is 20.8 Å². The number of aromatic nitrogens is 3. The first-order valence-electron chi connectivity index (χ1n) is 29.2. The van der Waals surface area contributed by atoms with Crippen molar-refractivity contribution >= 4 is 98.8 Å². The van der Waals surface area contributed by atoms with Crippen molar-refractivity contribution in [3.63, 3.8) is 0 Å². The number of nitrogens with two attached hydrogens (primary N) is 1. The Bertz CT molecular complexity index is 4940. The Morgan fingerprint density at radius 2 is 0.740 bits per heavy atom. The third-order valence-electron chi connectivity index (χ3n) is 15.3. The van der Waals surface area contributed by atoms with Gasteiger partial charge in [-0.1, -0.05) is 48.5 Å². The molecule has 0 atom stereocenters. The minimum atomic E-state index is -0.466. The molecule has 0 saturated carbocycles. The predicted octanol–water partition coefficient (Wildman–Crippen LogP) is 19.3. The number of ketones is 3. The van der Waals surface area contributed by atoms with Crippen LogP contribution in [0.4, 0.5) is 19.0 Å². The van der Waals surface area contributed by atoms with Gasteiger partial charge in [0.25, 0.3) is 5.88 Å². The van der Waals surface area contributed by atoms with Crippen molar-refractivity contribution < 1.29 is 61.9 Å². The average molecular weight is 1350 g/mol. The first-order chi connectivity index (χ1) is 46.2. The number of thiophene rings is 3. The Kier molecular flexibility index (Phi) is 17.2. The van der Waals surface area contributed by atoms with Gasteiger partial charge in [0, 0.05) is 80.3 Å². The summed E-state index contributed by atoms with van der Waals surface area (Å²) in [6.45, 7) is 5.24. The van der Waals surface area contributed by atoms with E-state index in [2.05, 4.69) is 15.0 Å². The summed E-state index contributed by atoms with van der Waals surface area (Å²) in [5.74, 6) is -1.11. The number of benzene rings is 9. The van der Waals surface area contributed by atoms with Gasteiger partial charge >= 0.3 is 0 Å². The molecule has 6 heterocycles. The highest BCUT2D eigenvalue weighted by molar-refractivity contribution is 7.22. The molecule has 0 aliphatic rings. The van der Waals surface area contributed by atoms with Crippen LogP contribution in [0.15, 0.2) is 209 Å². The number of aromatic hydroxyl groups is 5. The standard InChI is InChI=1S/C25H17FN2O3S.C25H16FNO4S.C25H16FNO3S2/c1-13-8-16(10-17(26)9-13)23(30)24-22(19-7-6-18(29)11-20(19)32-24)14-2-4-15(5-3-14)25-28-21(27)12-31-25;2*1-13-8-16(10-17(26)9-13)23(30)24-22(19-7-6-18(28)11-20(19)32-24)14-2-4-15(5-3-14)25-27-21(29)12-31-25/h2-12,29H,27H2,1H3;2*2-12,28-29H,1H3. The van der Waals surface area contributed by atoms with Crippen molar-refractivity contribution in [3.05, 3.63) is 265 Å². The zero-order chi connectivity index (χ0) is 67.2. The smallest absolute Gasteiger partial charge is 0.250 e. The molecule has 0 amide bonds. The number of nitrogens with zero attached hydrogens (tertiary/aromatic N) is 3. The molecular weight excluding hydrogens is 1300 g/mol. The molecular formula is C75H49F3N4O10S4. The number of anilines is 1. The average Bonchev–Trinajstić information content (AvgIpc) is 1.61. The molecule has 0 aliphatic heterocycles. The maximum absolute atomic E-state index is 14.0. The molecule has 96 heavy (non-hydrogen) atoms. The molecule has 6 aromatic heterocycles. The highest BCUT2D eigenvalue weighted by Gasteiger charge is 2.26.